The van der Waals surface area contributed by atoms with Gasteiger partial charge in [0.2, 0.25) is 11.8 Å². The zero-order valence-corrected chi connectivity index (χ0v) is 10.1. The Labute approximate surface area is 104 Å². The summed E-state index contributed by atoms with van der Waals surface area (Å²) in [5.41, 5.74) is 6.68. The number of halogens is 1. The first-order valence-electron chi connectivity index (χ1n) is 4.99. The molecule has 0 aliphatic heterocycles. The van der Waals surface area contributed by atoms with E-state index in [0.717, 1.165) is 11.1 Å². The summed E-state index contributed by atoms with van der Waals surface area (Å²) in [6, 6.07) is 5.47. The van der Waals surface area contributed by atoms with E-state index in [-0.39, 0.29) is 12.5 Å². The van der Waals surface area contributed by atoms with E-state index in [0.29, 0.717) is 5.02 Å². The third kappa shape index (κ3) is 4.70. The molecule has 1 aromatic rings. The lowest BCUT2D eigenvalue weighted by Crippen LogP contribution is -2.32. The van der Waals surface area contributed by atoms with Gasteiger partial charge >= 0.3 is 0 Å². The maximum Gasteiger partial charge on any atom is 0.244 e. The number of carbonyl (C=O) groups is 2. The van der Waals surface area contributed by atoms with Gasteiger partial charge < -0.3 is 11.1 Å². The molecule has 17 heavy (non-hydrogen) atoms. The number of hydrogen-bond acceptors (Lipinski definition) is 2. The van der Waals surface area contributed by atoms with Gasteiger partial charge in [0.15, 0.2) is 0 Å². The van der Waals surface area contributed by atoms with Crippen molar-refractivity contribution >= 4 is 29.5 Å². The SMILES string of the molecule is Cc1ccc(C=CC(=O)NCC(N)=O)cc1Cl. The van der Waals surface area contributed by atoms with Crippen molar-refractivity contribution in [1.82, 2.24) is 5.32 Å². The minimum atomic E-state index is -0.579. The molecule has 0 atom stereocenters. The van der Waals surface area contributed by atoms with Gasteiger partial charge in [-0.3, -0.25) is 9.59 Å². The molecule has 1 aromatic carbocycles. The first kappa shape index (κ1) is 13.3. The zero-order valence-electron chi connectivity index (χ0n) is 9.37. The van der Waals surface area contributed by atoms with Gasteiger partial charge in [-0.25, -0.2) is 0 Å². The van der Waals surface area contributed by atoms with Crippen molar-refractivity contribution in [1.29, 1.82) is 0 Å². The second-order valence-corrected chi connectivity index (χ2v) is 3.93. The van der Waals surface area contributed by atoms with Gasteiger partial charge in [-0.05, 0) is 30.2 Å². The molecule has 0 bridgehead atoms. The minimum Gasteiger partial charge on any atom is -0.368 e. The van der Waals surface area contributed by atoms with Crippen molar-refractivity contribution in [2.24, 2.45) is 5.73 Å². The van der Waals surface area contributed by atoms with E-state index in [2.05, 4.69) is 5.32 Å². The van der Waals surface area contributed by atoms with Crippen molar-refractivity contribution in [3.63, 3.8) is 0 Å². The lowest BCUT2D eigenvalue weighted by molar-refractivity contribution is -0.122. The van der Waals surface area contributed by atoms with Gasteiger partial charge in [-0.1, -0.05) is 23.7 Å². The summed E-state index contributed by atoms with van der Waals surface area (Å²) in [5.74, 6) is -0.953. The van der Waals surface area contributed by atoms with Crippen LogP contribution in [0.2, 0.25) is 5.02 Å². The second-order valence-electron chi connectivity index (χ2n) is 3.53. The summed E-state index contributed by atoms with van der Waals surface area (Å²) in [4.78, 5) is 21.7. The number of carbonyl (C=O) groups excluding carboxylic acids is 2. The molecule has 0 aliphatic carbocycles. The Morgan fingerprint density at radius 1 is 1.47 bits per heavy atom. The van der Waals surface area contributed by atoms with Gasteiger partial charge in [0, 0.05) is 11.1 Å². The number of hydrogen-bond donors (Lipinski definition) is 2. The molecule has 3 N–H and O–H groups in total. The molecule has 0 unspecified atom stereocenters. The summed E-state index contributed by atoms with van der Waals surface area (Å²) in [6.45, 7) is 1.73. The van der Waals surface area contributed by atoms with Crippen LogP contribution in [-0.2, 0) is 9.59 Å². The summed E-state index contributed by atoms with van der Waals surface area (Å²) in [7, 11) is 0. The predicted molar refractivity (Wildman–Crippen MR) is 67.4 cm³/mol. The predicted octanol–water partition coefficient (Wildman–Crippen LogP) is 1.26. The Kier molecular flexibility index (Phi) is 4.72. The first-order chi connectivity index (χ1) is 7.99. The minimum absolute atomic E-state index is 0.169. The van der Waals surface area contributed by atoms with E-state index in [1.165, 1.54) is 6.08 Å². The van der Waals surface area contributed by atoms with Gasteiger partial charge in [-0.2, -0.15) is 0 Å². The van der Waals surface area contributed by atoms with Crippen LogP contribution in [0, 0.1) is 6.92 Å². The summed E-state index contributed by atoms with van der Waals surface area (Å²) < 4.78 is 0. The summed E-state index contributed by atoms with van der Waals surface area (Å²) in [6.07, 6.45) is 2.94. The van der Waals surface area contributed by atoms with Crippen LogP contribution in [-0.4, -0.2) is 18.4 Å². The second kappa shape index (κ2) is 6.06. The average molecular weight is 253 g/mol. The van der Waals surface area contributed by atoms with Crippen molar-refractivity contribution in [3.05, 3.63) is 40.4 Å². The number of nitrogens with one attached hydrogen (secondary N) is 1. The fraction of sp³-hybridized carbons (Fsp3) is 0.167. The molecule has 5 heteroatoms. The standard InChI is InChI=1S/C12H13ClN2O2/c1-8-2-3-9(6-10(8)13)4-5-12(17)15-7-11(14)16/h2-6H,7H2,1H3,(H2,14,16)(H,15,17). The maximum atomic E-state index is 11.2. The molecular weight excluding hydrogens is 240 g/mol. The Morgan fingerprint density at radius 3 is 2.76 bits per heavy atom. The average Bonchev–Trinajstić information content (AvgIpc) is 2.28. The number of benzene rings is 1. The number of nitrogens with two attached hydrogens (primary N) is 1. The Balaban J connectivity index is 2.61. The molecule has 0 aromatic heterocycles. The van der Waals surface area contributed by atoms with Crippen molar-refractivity contribution in [3.8, 4) is 0 Å². The molecule has 2 amide bonds. The van der Waals surface area contributed by atoms with Gasteiger partial charge in [0.1, 0.15) is 0 Å². The third-order valence-corrected chi connectivity index (χ3v) is 2.47. The monoisotopic (exact) mass is 252 g/mol. The molecule has 0 spiro atoms. The Morgan fingerprint density at radius 2 is 2.18 bits per heavy atom. The largest absolute Gasteiger partial charge is 0.368 e. The highest BCUT2D eigenvalue weighted by atomic mass is 35.5. The summed E-state index contributed by atoms with van der Waals surface area (Å²) in [5, 5.41) is 2.99. The van der Waals surface area contributed by atoms with Crippen LogP contribution in [0.4, 0.5) is 0 Å². The lowest BCUT2D eigenvalue weighted by Gasteiger charge is -1.99. The van der Waals surface area contributed by atoms with E-state index in [9.17, 15) is 9.59 Å². The van der Waals surface area contributed by atoms with E-state index < -0.39 is 5.91 Å². The Bertz CT molecular complexity index is 470. The first-order valence-corrected chi connectivity index (χ1v) is 5.37. The quantitative estimate of drug-likeness (QED) is 0.792. The third-order valence-electron chi connectivity index (χ3n) is 2.06. The summed E-state index contributed by atoms with van der Waals surface area (Å²) >= 11 is 5.94. The molecule has 1 rings (SSSR count). The van der Waals surface area contributed by atoms with Gasteiger partial charge in [-0.15, -0.1) is 0 Å². The number of amides is 2. The van der Waals surface area contributed by atoms with Crippen molar-refractivity contribution < 1.29 is 9.59 Å². The molecule has 0 fully saturated rings. The van der Waals surface area contributed by atoms with Gasteiger partial charge in [0.05, 0.1) is 6.54 Å². The normalized spacial score (nSPS) is 10.5. The highest BCUT2D eigenvalue weighted by Gasteiger charge is 1.98. The van der Waals surface area contributed by atoms with Crippen LogP contribution < -0.4 is 11.1 Å². The van der Waals surface area contributed by atoms with Crippen molar-refractivity contribution in [2.45, 2.75) is 6.92 Å². The Hall–Kier alpha value is -1.81. The highest BCUT2D eigenvalue weighted by Crippen LogP contribution is 2.17. The topological polar surface area (TPSA) is 72.2 Å². The fourth-order valence-corrected chi connectivity index (χ4v) is 1.31. The van der Waals surface area contributed by atoms with Crippen LogP contribution >= 0.6 is 11.6 Å². The molecule has 0 saturated heterocycles. The van der Waals surface area contributed by atoms with E-state index in [1.54, 1.807) is 12.1 Å². The number of primary amides is 1. The van der Waals surface area contributed by atoms with Gasteiger partial charge in [0.25, 0.3) is 0 Å². The molecule has 0 saturated carbocycles. The molecule has 4 nitrogen and oxygen atoms in total. The van der Waals surface area contributed by atoms with E-state index >= 15 is 0 Å². The molecule has 0 heterocycles. The maximum absolute atomic E-state index is 11.2. The van der Waals surface area contributed by atoms with Crippen LogP contribution in [0.1, 0.15) is 11.1 Å². The molecule has 90 valence electrons. The van der Waals surface area contributed by atoms with Crippen LogP contribution in [0.5, 0.6) is 0 Å². The van der Waals surface area contributed by atoms with Crippen LogP contribution in [0.3, 0.4) is 0 Å². The zero-order chi connectivity index (χ0) is 12.8. The van der Waals surface area contributed by atoms with E-state index in [4.69, 9.17) is 17.3 Å². The fourth-order valence-electron chi connectivity index (χ4n) is 1.12. The smallest absolute Gasteiger partial charge is 0.244 e. The molecular formula is C12H13ClN2O2. The molecule has 0 radical (unpaired) electrons. The number of rotatable bonds is 4. The number of aryl methyl sites for hydroxylation is 1. The molecule has 0 aliphatic rings. The lowest BCUT2D eigenvalue weighted by atomic mass is 10.1. The van der Waals surface area contributed by atoms with Crippen LogP contribution in [0.25, 0.3) is 6.08 Å². The van der Waals surface area contributed by atoms with E-state index in [1.807, 2.05) is 19.1 Å². The van der Waals surface area contributed by atoms with Crippen molar-refractivity contribution in [2.75, 3.05) is 6.54 Å². The highest BCUT2D eigenvalue weighted by molar-refractivity contribution is 6.31. The van der Waals surface area contributed by atoms with Crippen LogP contribution in [0.15, 0.2) is 24.3 Å².